The molecule has 0 unspecified atom stereocenters. The number of thioether (sulfide) groups is 1. The number of morpholine rings is 1. The number of anilines is 1. The highest BCUT2D eigenvalue weighted by Crippen LogP contribution is 2.20. The predicted molar refractivity (Wildman–Crippen MR) is 109 cm³/mol. The highest BCUT2D eigenvalue weighted by atomic mass is 32.2. The largest absolute Gasteiger partial charge is 0.379 e. The number of hydrogen-bond donors (Lipinski definition) is 2. The molecule has 0 aliphatic carbocycles. The van der Waals surface area contributed by atoms with Gasteiger partial charge in [-0.1, -0.05) is 23.9 Å². The standard InChI is InChI=1S/C18H20N6O2S2/c25-16(14-3-1-13(2-4-14)10-27-17-19-12-20-23-17)22-18-21-15(11-28-18)9-24-5-7-26-8-6-24/h1-4,11-12H,5-10H2,(H,19,20,23)(H,21,22,25). The minimum atomic E-state index is -0.151. The lowest BCUT2D eigenvalue weighted by Crippen LogP contribution is -2.35. The van der Waals surface area contributed by atoms with Crippen LogP contribution in [0.25, 0.3) is 0 Å². The van der Waals surface area contributed by atoms with Gasteiger partial charge >= 0.3 is 0 Å². The van der Waals surface area contributed by atoms with Gasteiger partial charge < -0.3 is 4.74 Å². The van der Waals surface area contributed by atoms with E-state index in [-0.39, 0.29) is 5.91 Å². The quantitative estimate of drug-likeness (QED) is 0.572. The van der Waals surface area contributed by atoms with Gasteiger partial charge in [0, 0.05) is 36.3 Å². The fourth-order valence-corrected chi connectivity index (χ4v) is 4.19. The summed E-state index contributed by atoms with van der Waals surface area (Å²) in [6.45, 7) is 4.15. The van der Waals surface area contributed by atoms with E-state index in [0.29, 0.717) is 10.7 Å². The topological polar surface area (TPSA) is 96.0 Å². The third-order valence-electron chi connectivity index (χ3n) is 4.25. The van der Waals surface area contributed by atoms with Crippen molar-refractivity contribution in [1.82, 2.24) is 25.1 Å². The van der Waals surface area contributed by atoms with Crippen molar-refractivity contribution >= 4 is 34.1 Å². The zero-order chi connectivity index (χ0) is 19.2. The molecule has 1 aliphatic heterocycles. The van der Waals surface area contributed by atoms with Gasteiger partial charge in [0.05, 0.1) is 18.9 Å². The van der Waals surface area contributed by atoms with Crippen molar-refractivity contribution in [3.8, 4) is 0 Å². The summed E-state index contributed by atoms with van der Waals surface area (Å²) in [5, 5.41) is 12.9. The maximum Gasteiger partial charge on any atom is 0.257 e. The molecule has 1 fully saturated rings. The Hall–Kier alpha value is -2.27. The van der Waals surface area contributed by atoms with Crippen LogP contribution in [0.5, 0.6) is 0 Å². The van der Waals surface area contributed by atoms with Crippen LogP contribution < -0.4 is 5.32 Å². The van der Waals surface area contributed by atoms with Gasteiger partial charge in [-0.15, -0.1) is 11.3 Å². The van der Waals surface area contributed by atoms with E-state index in [9.17, 15) is 4.79 Å². The number of benzene rings is 1. The molecule has 0 atom stereocenters. The molecule has 1 amide bonds. The van der Waals surface area contributed by atoms with Crippen molar-refractivity contribution in [2.45, 2.75) is 17.5 Å². The number of ether oxygens (including phenoxy) is 1. The third kappa shape index (κ3) is 5.16. The van der Waals surface area contributed by atoms with Gasteiger partial charge in [0.1, 0.15) is 6.33 Å². The number of rotatable bonds is 7. The Morgan fingerprint density at radius 3 is 2.86 bits per heavy atom. The number of aromatic amines is 1. The summed E-state index contributed by atoms with van der Waals surface area (Å²) >= 11 is 3.01. The molecule has 0 saturated carbocycles. The number of aromatic nitrogens is 4. The Balaban J connectivity index is 1.29. The molecule has 3 heterocycles. The SMILES string of the molecule is O=C(Nc1nc(CN2CCOCC2)cs1)c1ccc(CSc2ncn[nH]2)cc1. The molecule has 10 heteroatoms. The smallest absolute Gasteiger partial charge is 0.257 e. The Labute approximate surface area is 170 Å². The lowest BCUT2D eigenvalue weighted by atomic mass is 10.1. The summed E-state index contributed by atoms with van der Waals surface area (Å²) < 4.78 is 5.36. The molecular formula is C18H20N6O2S2. The van der Waals surface area contributed by atoms with Crippen LogP contribution in [0, 0.1) is 0 Å². The monoisotopic (exact) mass is 416 g/mol. The molecule has 4 rings (SSSR count). The maximum atomic E-state index is 12.5. The Morgan fingerprint density at radius 1 is 1.29 bits per heavy atom. The number of nitrogens with one attached hydrogen (secondary N) is 2. The van der Waals surface area contributed by atoms with E-state index < -0.39 is 0 Å². The highest BCUT2D eigenvalue weighted by Gasteiger charge is 2.14. The van der Waals surface area contributed by atoms with Gasteiger partial charge in [-0.05, 0) is 17.7 Å². The number of hydrogen-bond acceptors (Lipinski definition) is 8. The van der Waals surface area contributed by atoms with E-state index >= 15 is 0 Å². The van der Waals surface area contributed by atoms with Crippen LogP contribution in [0.15, 0.2) is 41.1 Å². The summed E-state index contributed by atoms with van der Waals surface area (Å²) in [6, 6.07) is 7.55. The van der Waals surface area contributed by atoms with E-state index in [0.717, 1.165) is 55.0 Å². The first-order chi connectivity index (χ1) is 13.8. The second-order valence-corrected chi connectivity index (χ2v) is 8.09. The fraction of sp³-hybridized carbons (Fsp3) is 0.333. The Kier molecular flexibility index (Phi) is 6.32. The highest BCUT2D eigenvalue weighted by molar-refractivity contribution is 7.98. The van der Waals surface area contributed by atoms with Crippen molar-refractivity contribution < 1.29 is 9.53 Å². The van der Waals surface area contributed by atoms with Crippen molar-refractivity contribution in [1.29, 1.82) is 0 Å². The molecule has 0 radical (unpaired) electrons. The number of thiazole rings is 1. The molecule has 1 aliphatic rings. The molecule has 3 aromatic rings. The van der Waals surface area contributed by atoms with Gasteiger partial charge in [0.2, 0.25) is 0 Å². The van der Waals surface area contributed by atoms with Crippen LogP contribution in [-0.2, 0) is 17.0 Å². The summed E-state index contributed by atoms with van der Waals surface area (Å²) in [4.78, 5) is 23.4. The first-order valence-electron chi connectivity index (χ1n) is 8.89. The van der Waals surface area contributed by atoms with Crippen molar-refractivity contribution in [2.75, 3.05) is 31.6 Å². The average Bonchev–Trinajstić information content (AvgIpc) is 3.40. The average molecular weight is 417 g/mol. The Morgan fingerprint density at radius 2 is 2.11 bits per heavy atom. The van der Waals surface area contributed by atoms with E-state index in [1.807, 2.05) is 29.6 Å². The Bertz CT molecular complexity index is 891. The van der Waals surface area contributed by atoms with Crippen LogP contribution >= 0.6 is 23.1 Å². The first kappa shape index (κ1) is 19.1. The number of nitrogens with zero attached hydrogens (tertiary/aromatic N) is 4. The zero-order valence-electron chi connectivity index (χ0n) is 15.1. The lowest BCUT2D eigenvalue weighted by Gasteiger charge is -2.25. The molecule has 146 valence electrons. The summed E-state index contributed by atoms with van der Waals surface area (Å²) in [6.07, 6.45) is 1.49. The van der Waals surface area contributed by atoms with Crippen LogP contribution in [-0.4, -0.2) is 57.3 Å². The normalized spacial score (nSPS) is 14.9. The first-order valence-corrected chi connectivity index (χ1v) is 10.8. The van der Waals surface area contributed by atoms with Crippen LogP contribution in [0.4, 0.5) is 5.13 Å². The predicted octanol–water partition coefficient (Wildman–Crippen LogP) is 2.64. The van der Waals surface area contributed by atoms with Gasteiger partial charge in [0.15, 0.2) is 10.3 Å². The van der Waals surface area contributed by atoms with Crippen molar-refractivity contribution in [2.24, 2.45) is 0 Å². The zero-order valence-corrected chi connectivity index (χ0v) is 16.8. The van der Waals surface area contributed by atoms with E-state index in [1.165, 1.54) is 17.7 Å². The van der Waals surface area contributed by atoms with Gasteiger partial charge in [-0.25, -0.2) is 9.97 Å². The molecule has 1 saturated heterocycles. The van der Waals surface area contributed by atoms with Crippen LogP contribution in [0.2, 0.25) is 0 Å². The van der Waals surface area contributed by atoms with E-state index in [2.05, 4.69) is 30.4 Å². The van der Waals surface area contributed by atoms with Crippen LogP contribution in [0.1, 0.15) is 21.6 Å². The van der Waals surface area contributed by atoms with Gasteiger partial charge in [0.25, 0.3) is 5.91 Å². The summed E-state index contributed by atoms with van der Waals surface area (Å²) in [5.74, 6) is 0.607. The molecular weight excluding hydrogens is 396 g/mol. The van der Waals surface area contributed by atoms with Crippen molar-refractivity contribution in [3.63, 3.8) is 0 Å². The molecule has 2 N–H and O–H groups in total. The second-order valence-electron chi connectivity index (χ2n) is 6.26. The number of H-pyrrole nitrogens is 1. The van der Waals surface area contributed by atoms with E-state index in [1.54, 1.807) is 11.8 Å². The number of amides is 1. The van der Waals surface area contributed by atoms with Crippen molar-refractivity contribution in [3.05, 3.63) is 52.8 Å². The molecule has 8 nitrogen and oxygen atoms in total. The lowest BCUT2D eigenvalue weighted by molar-refractivity contribution is 0.0337. The summed E-state index contributed by atoms with van der Waals surface area (Å²) in [7, 11) is 0. The van der Waals surface area contributed by atoms with Gasteiger partial charge in [-0.2, -0.15) is 5.10 Å². The third-order valence-corrected chi connectivity index (χ3v) is 6.00. The molecule has 2 aromatic heterocycles. The van der Waals surface area contributed by atoms with E-state index in [4.69, 9.17) is 4.74 Å². The number of carbonyl (C=O) groups is 1. The van der Waals surface area contributed by atoms with Crippen LogP contribution in [0.3, 0.4) is 0 Å². The minimum absolute atomic E-state index is 0.151. The second kappa shape index (κ2) is 9.28. The molecule has 0 bridgehead atoms. The molecule has 0 spiro atoms. The summed E-state index contributed by atoms with van der Waals surface area (Å²) in [5.41, 5.74) is 2.69. The van der Waals surface area contributed by atoms with Gasteiger partial charge in [-0.3, -0.25) is 20.1 Å². The minimum Gasteiger partial charge on any atom is -0.379 e. The maximum absolute atomic E-state index is 12.5. The number of carbonyl (C=O) groups excluding carboxylic acids is 1. The molecule has 28 heavy (non-hydrogen) atoms. The molecule has 1 aromatic carbocycles. The fourth-order valence-electron chi connectivity index (χ4n) is 2.76.